The SMILES string of the molecule is CCC(C)c1ccc(OCCCCn2c(CCCCCNC(=O)c3cccs3)nc3ccccc32)cc1. The van der Waals surface area contributed by atoms with Gasteiger partial charge in [0.1, 0.15) is 11.6 Å². The molecule has 1 atom stereocenters. The first-order valence-electron chi connectivity index (χ1n) is 13.6. The lowest BCUT2D eigenvalue weighted by Crippen LogP contribution is -2.23. The van der Waals surface area contributed by atoms with E-state index in [9.17, 15) is 4.79 Å². The molecule has 0 bridgehead atoms. The lowest BCUT2D eigenvalue weighted by atomic mass is 9.99. The minimum atomic E-state index is 0.0314. The van der Waals surface area contributed by atoms with Crippen molar-refractivity contribution in [1.29, 1.82) is 0 Å². The molecule has 1 N–H and O–H groups in total. The average Bonchev–Trinajstić information content (AvgIpc) is 3.59. The van der Waals surface area contributed by atoms with Gasteiger partial charge < -0.3 is 14.6 Å². The summed E-state index contributed by atoms with van der Waals surface area (Å²) in [5.74, 6) is 2.73. The van der Waals surface area contributed by atoms with Crippen LogP contribution in [-0.2, 0) is 13.0 Å². The van der Waals surface area contributed by atoms with E-state index < -0.39 is 0 Å². The molecule has 0 saturated carbocycles. The van der Waals surface area contributed by atoms with E-state index in [0.717, 1.165) is 80.1 Å². The number of imidazole rings is 1. The second-order valence-corrected chi connectivity index (χ2v) is 10.6. The molecule has 2 aromatic heterocycles. The van der Waals surface area contributed by atoms with Crippen molar-refractivity contribution < 1.29 is 9.53 Å². The number of hydrogen-bond acceptors (Lipinski definition) is 4. The molecule has 4 aromatic rings. The van der Waals surface area contributed by atoms with Gasteiger partial charge in [-0.2, -0.15) is 0 Å². The number of aromatic nitrogens is 2. The van der Waals surface area contributed by atoms with Gasteiger partial charge in [-0.25, -0.2) is 4.98 Å². The predicted molar refractivity (Wildman–Crippen MR) is 154 cm³/mol. The maximum Gasteiger partial charge on any atom is 0.261 e. The number of aryl methyl sites for hydroxylation is 2. The third-order valence-corrected chi connectivity index (χ3v) is 7.82. The summed E-state index contributed by atoms with van der Waals surface area (Å²) in [4.78, 5) is 17.8. The predicted octanol–water partition coefficient (Wildman–Crippen LogP) is 7.61. The number of carbonyl (C=O) groups is 1. The van der Waals surface area contributed by atoms with Crippen LogP contribution in [-0.4, -0.2) is 28.6 Å². The number of amides is 1. The second-order valence-electron chi connectivity index (χ2n) is 9.65. The van der Waals surface area contributed by atoms with Crippen LogP contribution < -0.4 is 10.1 Å². The Morgan fingerprint density at radius 2 is 1.84 bits per heavy atom. The molecule has 0 radical (unpaired) electrons. The van der Waals surface area contributed by atoms with Gasteiger partial charge in [-0.15, -0.1) is 11.3 Å². The molecule has 5 nitrogen and oxygen atoms in total. The quantitative estimate of drug-likeness (QED) is 0.165. The highest BCUT2D eigenvalue weighted by atomic mass is 32.1. The molecule has 0 aliphatic carbocycles. The zero-order valence-electron chi connectivity index (χ0n) is 22.1. The number of carbonyl (C=O) groups excluding carboxylic acids is 1. The highest BCUT2D eigenvalue weighted by Crippen LogP contribution is 2.22. The van der Waals surface area contributed by atoms with Crippen LogP contribution in [0.2, 0.25) is 0 Å². The lowest BCUT2D eigenvalue weighted by Gasteiger charge is -2.12. The molecular formula is C31H39N3O2S. The summed E-state index contributed by atoms with van der Waals surface area (Å²) in [5.41, 5.74) is 3.65. The molecule has 6 heteroatoms. The lowest BCUT2D eigenvalue weighted by molar-refractivity contribution is 0.0957. The van der Waals surface area contributed by atoms with Gasteiger partial charge in [0.15, 0.2) is 0 Å². The Morgan fingerprint density at radius 3 is 2.62 bits per heavy atom. The van der Waals surface area contributed by atoms with Gasteiger partial charge in [0.05, 0.1) is 22.5 Å². The number of nitrogens with one attached hydrogen (secondary N) is 1. The van der Waals surface area contributed by atoms with E-state index in [2.05, 4.69) is 72.3 Å². The van der Waals surface area contributed by atoms with Crippen LogP contribution in [0, 0.1) is 0 Å². The van der Waals surface area contributed by atoms with Crippen LogP contribution in [0.25, 0.3) is 11.0 Å². The standard InChI is InChI=1S/C31H39N3O2S/c1-3-24(2)25-16-18-26(19-17-25)36-22-10-9-21-34-28-13-7-6-12-27(28)33-30(34)15-5-4-8-20-32-31(35)29-14-11-23-37-29/h6-7,11-14,16-19,23-24H,3-5,8-10,15,20-22H2,1-2H3,(H,32,35). The topological polar surface area (TPSA) is 56.1 Å². The van der Waals surface area contributed by atoms with E-state index in [1.165, 1.54) is 22.4 Å². The van der Waals surface area contributed by atoms with E-state index in [1.54, 1.807) is 0 Å². The fraction of sp³-hybridized carbons (Fsp3) is 0.419. The van der Waals surface area contributed by atoms with E-state index >= 15 is 0 Å². The molecule has 0 saturated heterocycles. The molecule has 2 heterocycles. The number of nitrogens with zero attached hydrogens (tertiary/aromatic N) is 2. The Labute approximate surface area is 224 Å². The molecule has 1 amide bonds. The summed E-state index contributed by atoms with van der Waals surface area (Å²) in [7, 11) is 0. The fourth-order valence-electron chi connectivity index (χ4n) is 4.54. The van der Waals surface area contributed by atoms with Crippen molar-refractivity contribution >= 4 is 28.3 Å². The van der Waals surface area contributed by atoms with Crippen LogP contribution in [0.15, 0.2) is 66.0 Å². The second kappa shape index (κ2) is 14.0. The van der Waals surface area contributed by atoms with Crippen LogP contribution in [0.1, 0.15) is 79.3 Å². The summed E-state index contributed by atoms with van der Waals surface area (Å²) >= 11 is 1.48. The van der Waals surface area contributed by atoms with Gasteiger partial charge in [0.25, 0.3) is 5.91 Å². The van der Waals surface area contributed by atoms with Crippen LogP contribution >= 0.6 is 11.3 Å². The number of ether oxygens (including phenoxy) is 1. The van der Waals surface area contributed by atoms with E-state index in [-0.39, 0.29) is 5.91 Å². The number of rotatable bonds is 15. The van der Waals surface area contributed by atoms with Crippen molar-refractivity contribution in [2.75, 3.05) is 13.2 Å². The Hall–Kier alpha value is -3.12. The number of thiophene rings is 1. The number of unbranched alkanes of at least 4 members (excludes halogenated alkanes) is 3. The maximum atomic E-state index is 12.1. The van der Waals surface area contributed by atoms with E-state index in [4.69, 9.17) is 9.72 Å². The third-order valence-electron chi connectivity index (χ3n) is 6.95. The van der Waals surface area contributed by atoms with Gasteiger partial charge >= 0.3 is 0 Å². The average molecular weight is 518 g/mol. The van der Waals surface area contributed by atoms with Crippen LogP contribution in [0.4, 0.5) is 0 Å². The first kappa shape index (κ1) is 26.9. The van der Waals surface area contributed by atoms with E-state index in [1.807, 2.05) is 17.5 Å². The van der Waals surface area contributed by atoms with Crippen molar-refractivity contribution in [3.05, 3.63) is 82.3 Å². The summed E-state index contributed by atoms with van der Waals surface area (Å²) in [6.45, 7) is 6.87. The van der Waals surface area contributed by atoms with Gasteiger partial charge in [-0.3, -0.25) is 4.79 Å². The maximum absolute atomic E-state index is 12.1. The highest BCUT2D eigenvalue weighted by molar-refractivity contribution is 7.12. The summed E-state index contributed by atoms with van der Waals surface area (Å²) < 4.78 is 8.38. The number of fused-ring (bicyclic) bond motifs is 1. The smallest absolute Gasteiger partial charge is 0.261 e. The molecule has 0 aliphatic rings. The molecule has 0 fully saturated rings. The molecule has 0 aliphatic heterocycles. The first-order chi connectivity index (χ1) is 18.2. The summed E-state index contributed by atoms with van der Waals surface area (Å²) in [6.07, 6.45) is 7.26. The molecule has 0 spiro atoms. The minimum absolute atomic E-state index is 0.0314. The zero-order chi connectivity index (χ0) is 25.9. The molecule has 4 rings (SSSR count). The molecular weight excluding hydrogens is 478 g/mol. The number of hydrogen-bond donors (Lipinski definition) is 1. The van der Waals surface area contributed by atoms with Crippen molar-refractivity contribution in [2.45, 2.75) is 71.3 Å². The van der Waals surface area contributed by atoms with Gasteiger partial charge in [0, 0.05) is 19.5 Å². The van der Waals surface area contributed by atoms with Crippen LogP contribution in [0.5, 0.6) is 5.75 Å². The van der Waals surface area contributed by atoms with Crippen LogP contribution in [0.3, 0.4) is 0 Å². The Morgan fingerprint density at radius 1 is 1.00 bits per heavy atom. The fourth-order valence-corrected chi connectivity index (χ4v) is 5.18. The first-order valence-corrected chi connectivity index (χ1v) is 14.5. The molecule has 2 aromatic carbocycles. The van der Waals surface area contributed by atoms with Crippen molar-refractivity contribution in [3.63, 3.8) is 0 Å². The summed E-state index contributed by atoms with van der Waals surface area (Å²) in [6, 6.07) is 20.7. The molecule has 37 heavy (non-hydrogen) atoms. The number of para-hydroxylation sites is 2. The number of benzene rings is 2. The van der Waals surface area contributed by atoms with Gasteiger partial charge in [-0.1, -0.05) is 50.6 Å². The highest BCUT2D eigenvalue weighted by Gasteiger charge is 2.11. The van der Waals surface area contributed by atoms with Gasteiger partial charge in [0.2, 0.25) is 0 Å². The van der Waals surface area contributed by atoms with E-state index in [0.29, 0.717) is 12.5 Å². The summed E-state index contributed by atoms with van der Waals surface area (Å²) in [5, 5.41) is 4.95. The monoisotopic (exact) mass is 517 g/mol. The third kappa shape index (κ3) is 7.68. The Balaban J connectivity index is 1.21. The Bertz CT molecular complexity index is 1230. The van der Waals surface area contributed by atoms with Crippen molar-refractivity contribution in [1.82, 2.24) is 14.9 Å². The van der Waals surface area contributed by atoms with Crippen molar-refractivity contribution in [2.24, 2.45) is 0 Å². The molecule has 196 valence electrons. The Kier molecular flexibility index (Phi) is 10.2. The normalized spacial score (nSPS) is 12.1. The van der Waals surface area contributed by atoms with Gasteiger partial charge in [-0.05, 0) is 79.3 Å². The molecule has 1 unspecified atom stereocenters. The zero-order valence-corrected chi connectivity index (χ0v) is 22.9. The van der Waals surface area contributed by atoms with Crippen molar-refractivity contribution in [3.8, 4) is 5.75 Å². The largest absolute Gasteiger partial charge is 0.494 e. The minimum Gasteiger partial charge on any atom is -0.494 e.